The zero-order valence-electron chi connectivity index (χ0n) is 10.9. The van der Waals surface area contributed by atoms with E-state index in [4.69, 9.17) is 0 Å². The molecule has 1 heterocycles. The third-order valence-corrected chi connectivity index (χ3v) is 3.20. The molecule has 18 heavy (non-hydrogen) atoms. The summed E-state index contributed by atoms with van der Waals surface area (Å²) < 4.78 is 27.0. The normalized spacial score (nSPS) is 13.2. The van der Waals surface area contributed by atoms with Crippen LogP contribution in [0.1, 0.15) is 37.6 Å². The summed E-state index contributed by atoms with van der Waals surface area (Å²) in [6, 6.07) is 2.37. The summed E-state index contributed by atoms with van der Waals surface area (Å²) in [5, 5.41) is 3.97. The van der Waals surface area contributed by atoms with Crippen molar-refractivity contribution in [3.05, 3.63) is 35.0 Å². The Bertz CT molecular complexity index is 560. The minimum Gasteiger partial charge on any atom is -0.356 e. The molecule has 2 nitrogen and oxygen atoms in total. The Morgan fingerprint density at radius 1 is 1.33 bits per heavy atom. The molecule has 0 spiro atoms. The van der Waals surface area contributed by atoms with Crippen LogP contribution in [0.4, 0.5) is 8.78 Å². The van der Waals surface area contributed by atoms with Gasteiger partial charge >= 0.3 is 0 Å². The number of aromatic nitrogens is 1. The summed E-state index contributed by atoms with van der Waals surface area (Å²) in [4.78, 5) is 3.00. The van der Waals surface area contributed by atoms with E-state index >= 15 is 0 Å². The monoisotopic (exact) mass is 252 g/mol. The van der Waals surface area contributed by atoms with Gasteiger partial charge < -0.3 is 10.3 Å². The van der Waals surface area contributed by atoms with E-state index in [1.54, 1.807) is 0 Å². The first-order chi connectivity index (χ1) is 8.54. The molecule has 0 saturated carbocycles. The van der Waals surface area contributed by atoms with Crippen molar-refractivity contribution in [1.29, 1.82) is 0 Å². The van der Waals surface area contributed by atoms with Gasteiger partial charge in [0.1, 0.15) is 11.6 Å². The highest BCUT2D eigenvalue weighted by Gasteiger charge is 2.17. The Labute approximate surface area is 105 Å². The summed E-state index contributed by atoms with van der Waals surface area (Å²) in [6.07, 6.45) is 1.02. The summed E-state index contributed by atoms with van der Waals surface area (Å²) in [6.45, 7) is 6.86. The van der Waals surface area contributed by atoms with Gasteiger partial charge in [0.25, 0.3) is 0 Å². The third-order valence-electron chi connectivity index (χ3n) is 3.20. The molecule has 1 aromatic heterocycles. The second-order valence-corrected chi connectivity index (χ2v) is 4.65. The number of benzene rings is 1. The molecule has 2 rings (SSSR count). The minimum atomic E-state index is -0.540. The van der Waals surface area contributed by atoms with Gasteiger partial charge in [-0.15, -0.1) is 0 Å². The van der Waals surface area contributed by atoms with Crippen LogP contribution >= 0.6 is 0 Å². The molecule has 1 unspecified atom stereocenters. The first-order valence-corrected chi connectivity index (χ1v) is 6.25. The van der Waals surface area contributed by atoms with Crippen molar-refractivity contribution in [1.82, 2.24) is 10.3 Å². The molecule has 0 amide bonds. The lowest BCUT2D eigenvalue weighted by Crippen LogP contribution is -2.19. The largest absolute Gasteiger partial charge is 0.356 e. The molecular weight excluding hydrogens is 234 g/mol. The Morgan fingerprint density at radius 2 is 2.06 bits per heavy atom. The van der Waals surface area contributed by atoms with Crippen molar-refractivity contribution in [3.8, 4) is 0 Å². The lowest BCUT2D eigenvalue weighted by Gasteiger charge is -2.14. The van der Waals surface area contributed by atoms with Gasteiger partial charge in [-0.2, -0.15) is 0 Å². The summed E-state index contributed by atoms with van der Waals surface area (Å²) in [7, 11) is 0. The lowest BCUT2D eigenvalue weighted by atomic mass is 10.0. The zero-order chi connectivity index (χ0) is 13.3. The van der Waals surface area contributed by atoms with Gasteiger partial charge in [0.05, 0.1) is 5.52 Å². The molecule has 98 valence electrons. The maximum Gasteiger partial charge on any atom is 0.150 e. The number of fused-ring (bicyclic) bond motifs is 1. The maximum atomic E-state index is 13.7. The molecule has 0 aliphatic carbocycles. The standard InChI is InChI=1S/C14H18F2N2/c1-4-5-17-8(2)13-9(3)18-14-11(13)6-10(15)7-12(14)16/h6-8,17-18H,4-5H2,1-3H3. The topological polar surface area (TPSA) is 27.8 Å². The second-order valence-electron chi connectivity index (χ2n) is 4.65. The smallest absolute Gasteiger partial charge is 0.150 e. The molecular formula is C14H18F2N2. The summed E-state index contributed by atoms with van der Waals surface area (Å²) in [5.74, 6) is -1.08. The molecule has 2 N–H and O–H groups in total. The van der Waals surface area contributed by atoms with E-state index in [0.717, 1.165) is 30.3 Å². The molecule has 0 saturated heterocycles. The Kier molecular flexibility index (Phi) is 3.66. The van der Waals surface area contributed by atoms with E-state index in [0.29, 0.717) is 10.9 Å². The van der Waals surface area contributed by atoms with Gasteiger partial charge in [0, 0.05) is 23.2 Å². The van der Waals surface area contributed by atoms with E-state index in [-0.39, 0.29) is 6.04 Å². The summed E-state index contributed by atoms with van der Waals surface area (Å²) >= 11 is 0. The van der Waals surface area contributed by atoms with E-state index < -0.39 is 11.6 Å². The fraction of sp³-hybridized carbons (Fsp3) is 0.429. The molecule has 0 bridgehead atoms. The molecule has 0 aliphatic heterocycles. The number of aryl methyl sites for hydroxylation is 1. The van der Waals surface area contributed by atoms with Crippen LogP contribution in [-0.4, -0.2) is 11.5 Å². The number of halogens is 2. The van der Waals surface area contributed by atoms with Crippen molar-refractivity contribution in [2.45, 2.75) is 33.2 Å². The average molecular weight is 252 g/mol. The summed E-state index contributed by atoms with van der Waals surface area (Å²) in [5.41, 5.74) is 2.21. The van der Waals surface area contributed by atoms with Crippen molar-refractivity contribution in [2.75, 3.05) is 6.54 Å². The fourth-order valence-corrected chi connectivity index (χ4v) is 2.39. The molecule has 1 aromatic carbocycles. The molecule has 1 atom stereocenters. The number of hydrogen-bond acceptors (Lipinski definition) is 1. The highest BCUT2D eigenvalue weighted by atomic mass is 19.1. The molecule has 0 fully saturated rings. The van der Waals surface area contributed by atoms with E-state index in [2.05, 4.69) is 17.2 Å². The van der Waals surface area contributed by atoms with Gasteiger partial charge in [-0.25, -0.2) is 8.78 Å². The number of hydrogen-bond donors (Lipinski definition) is 2. The number of rotatable bonds is 4. The predicted molar refractivity (Wildman–Crippen MR) is 69.7 cm³/mol. The van der Waals surface area contributed by atoms with Crippen LogP contribution in [0, 0.1) is 18.6 Å². The van der Waals surface area contributed by atoms with Gasteiger partial charge in [-0.05, 0) is 38.4 Å². The van der Waals surface area contributed by atoms with E-state index in [1.807, 2.05) is 13.8 Å². The lowest BCUT2D eigenvalue weighted by molar-refractivity contribution is 0.570. The van der Waals surface area contributed by atoms with Gasteiger partial charge in [0.2, 0.25) is 0 Å². The van der Waals surface area contributed by atoms with Crippen LogP contribution in [0.15, 0.2) is 12.1 Å². The SMILES string of the molecule is CCCNC(C)c1c(C)[nH]c2c(F)cc(F)cc12. The van der Waals surface area contributed by atoms with E-state index in [9.17, 15) is 8.78 Å². The fourth-order valence-electron chi connectivity index (χ4n) is 2.39. The number of nitrogens with one attached hydrogen (secondary N) is 2. The van der Waals surface area contributed by atoms with Crippen molar-refractivity contribution in [3.63, 3.8) is 0 Å². The van der Waals surface area contributed by atoms with Gasteiger partial charge in [-0.3, -0.25) is 0 Å². The van der Waals surface area contributed by atoms with Crippen molar-refractivity contribution >= 4 is 10.9 Å². The Balaban J connectivity index is 2.52. The highest BCUT2D eigenvalue weighted by Crippen LogP contribution is 2.30. The van der Waals surface area contributed by atoms with Crippen LogP contribution in [0.25, 0.3) is 10.9 Å². The molecule has 0 radical (unpaired) electrons. The third kappa shape index (κ3) is 2.25. The van der Waals surface area contributed by atoms with Crippen molar-refractivity contribution < 1.29 is 8.78 Å². The highest BCUT2D eigenvalue weighted by molar-refractivity contribution is 5.85. The van der Waals surface area contributed by atoms with Gasteiger partial charge in [-0.1, -0.05) is 6.92 Å². The van der Waals surface area contributed by atoms with Crippen LogP contribution in [0.3, 0.4) is 0 Å². The quantitative estimate of drug-likeness (QED) is 0.850. The Hall–Kier alpha value is -1.42. The molecule has 4 heteroatoms. The first kappa shape index (κ1) is 13.0. The number of aromatic amines is 1. The van der Waals surface area contributed by atoms with Crippen LogP contribution < -0.4 is 5.32 Å². The first-order valence-electron chi connectivity index (χ1n) is 6.25. The predicted octanol–water partition coefficient (Wildman–Crippen LogP) is 3.82. The van der Waals surface area contributed by atoms with Crippen LogP contribution in [0.2, 0.25) is 0 Å². The van der Waals surface area contributed by atoms with Crippen molar-refractivity contribution in [2.24, 2.45) is 0 Å². The average Bonchev–Trinajstić information content (AvgIpc) is 2.63. The molecule has 2 aromatic rings. The van der Waals surface area contributed by atoms with Crippen LogP contribution in [0.5, 0.6) is 0 Å². The van der Waals surface area contributed by atoms with E-state index in [1.165, 1.54) is 6.07 Å². The Morgan fingerprint density at radius 3 is 2.72 bits per heavy atom. The zero-order valence-corrected chi connectivity index (χ0v) is 10.9. The van der Waals surface area contributed by atoms with Gasteiger partial charge in [0.15, 0.2) is 0 Å². The maximum absolute atomic E-state index is 13.7. The number of H-pyrrole nitrogens is 1. The minimum absolute atomic E-state index is 0.0694. The molecule has 0 aliphatic rings. The second kappa shape index (κ2) is 5.06. The van der Waals surface area contributed by atoms with Crippen LogP contribution in [-0.2, 0) is 0 Å².